The van der Waals surface area contributed by atoms with Crippen molar-refractivity contribution in [2.24, 2.45) is 0 Å². The molecule has 1 aromatic carbocycles. The van der Waals surface area contributed by atoms with Crippen molar-refractivity contribution in [3.05, 3.63) is 34.9 Å². The first-order chi connectivity index (χ1) is 7.27. The highest BCUT2D eigenvalue weighted by atomic mass is 16.5. The van der Waals surface area contributed by atoms with Gasteiger partial charge in [0.15, 0.2) is 0 Å². The zero-order chi connectivity index (χ0) is 10.3. The Morgan fingerprint density at radius 2 is 2.20 bits per heavy atom. The molecule has 0 aromatic heterocycles. The van der Waals surface area contributed by atoms with Crippen molar-refractivity contribution in [1.82, 2.24) is 0 Å². The molecule has 0 amide bonds. The van der Waals surface area contributed by atoms with E-state index < -0.39 is 5.60 Å². The number of hydrogen-bond acceptors (Lipinski definition) is 2. The van der Waals surface area contributed by atoms with Crippen LogP contribution in [-0.4, -0.2) is 17.3 Å². The molecule has 1 heterocycles. The number of ether oxygens (including phenoxy) is 1. The van der Waals surface area contributed by atoms with E-state index in [4.69, 9.17) is 4.74 Å². The Bertz CT molecular complexity index is 380. The van der Waals surface area contributed by atoms with Gasteiger partial charge < -0.3 is 9.84 Å². The van der Waals surface area contributed by atoms with Crippen molar-refractivity contribution in [2.75, 3.05) is 6.61 Å². The lowest BCUT2D eigenvalue weighted by atomic mass is 9.94. The van der Waals surface area contributed by atoms with Gasteiger partial charge in [-0.1, -0.05) is 18.2 Å². The Morgan fingerprint density at radius 1 is 1.33 bits per heavy atom. The van der Waals surface area contributed by atoms with Crippen LogP contribution in [0.1, 0.15) is 29.5 Å². The summed E-state index contributed by atoms with van der Waals surface area (Å²) >= 11 is 0. The van der Waals surface area contributed by atoms with Crippen LogP contribution >= 0.6 is 0 Å². The fraction of sp³-hybridized carbons (Fsp3) is 0.538. The molecule has 0 radical (unpaired) electrons. The third-order valence-corrected chi connectivity index (χ3v) is 3.48. The Hall–Kier alpha value is -0.860. The third kappa shape index (κ3) is 1.80. The molecular weight excluding hydrogens is 188 g/mol. The fourth-order valence-electron chi connectivity index (χ4n) is 2.31. The van der Waals surface area contributed by atoms with Gasteiger partial charge in [-0.3, -0.25) is 0 Å². The first kappa shape index (κ1) is 9.37. The maximum atomic E-state index is 9.94. The van der Waals surface area contributed by atoms with Crippen LogP contribution < -0.4 is 0 Å². The molecule has 2 aliphatic rings. The van der Waals surface area contributed by atoms with Gasteiger partial charge in [-0.2, -0.15) is 0 Å². The third-order valence-electron chi connectivity index (χ3n) is 3.48. The molecule has 15 heavy (non-hydrogen) atoms. The molecule has 1 fully saturated rings. The maximum Gasteiger partial charge on any atom is 0.0722 e. The largest absolute Gasteiger partial charge is 0.390 e. The highest BCUT2D eigenvalue weighted by molar-refractivity contribution is 5.37. The van der Waals surface area contributed by atoms with Crippen molar-refractivity contribution in [3.63, 3.8) is 0 Å². The van der Waals surface area contributed by atoms with Crippen LogP contribution in [0.15, 0.2) is 18.2 Å². The van der Waals surface area contributed by atoms with Crippen molar-refractivity contribution in [1.29, 1.82) is 0 Å². The first-order valence-corrected chi connectivity index (χ1v) is 5.67. The van der Waals surface area contributed by atoms with Gasteiger partial charge in [0, 0.05) is 6.42 Å². The van der Waals surface area contributed by atoms with E-state index in [9.17, 15) is 5.11 Å². The summed E-state index contributed by atoms with van der Waals surface area (Å²) in [5, 5.41) is 9.94. The molecule has 1 aromatic rings. The molecule has 1 saturated carbocycles. The molecule has 0 unspecified atom stereocenters. The van der Waals surface area contributed by atoms with Gasteiger partial charge in [0.1, 0.15) is 0 Å². The summed E-state index contributed by atoms with van der Waals surface area (Å²) in [5.74, 6) is 0. The molecule has 80 valence electrons. The number of hydrogen-bond donors (Lipinski definition) is 1. The molecule has 0 spiro atoms. The quantitative estimate of drug-likeness (QED) is 0.796. The number of fused-ring (bicyclic) bond motifs is 1. The molecular formula is C13H16O2. The zero-order valence-corrected chi connectivity index (χ0v) is 8.83. The highest BCUT2D eigenvalue weighted by Crippen LogP contribution is 2.39. The van der Waals surface area contributed by atoms with Gasteiger partial charge in [0.2, 0.25) is 0 Å². The summed E-state index contributed by atoms with van der Waals surface area (Å²) in [4.78, 5) is 0. The van der Waals surface area contributed by atoms with Gasteiger partial charge in [-0.25, -0.2) is 0 Å². The summed E-state index contributed by atoms with van der Waals surface area (Å²) in [6, 6.07) is 6.41. The monoisotopic (exact) mass is 204 g/mol. The Morgan fingerprint density at radius 3 is 3.00 bits per heavy atom. The minimum absolute atomic E-state index is 0.396. The van der Waals surface area contributed by atoms with Crippen LogP contribution in [0.4, 0.5) is 0 Å². The minimum Gasteiger partial charge on any atom is -0.390 e. The molecule has 0 bridgehead atoms. The second-order valence-electron chi connectivity index (χ2n) is 4.76. The smallest absolute Gasteiger partial charge is 0.0722 e. The molecule has 2 heteroatoms. The predicted molar refractivity (Wildman–Crippen MR) is 57.7 cm³/mol. The number of benzene rings is 1. The lowest BCUT2D eigenvalue weighted by molar-refractivity contribution is 0.108. The van der Waals surface area contributed by atoms with E-state index in [1.165, 1.54) is 16.7 Å². The zero-order valence-electron chi connectivity index (χ0n) is 8.83. The molecule has 2 nitrogen and oxygen atoms in total. The highest BCUT2D eigenvalue weighted by Gasteiger charge is 2.40. The van der Waals surface area contributed by atoms with E-state index in [0.717, 1.165) is 38.9 Å². The van der Waals surface area contributed by atoms with Crippen molar-refractivity contribution < 1.29 is 9.84 Å². The van der Waals surface area contributed by atoms with E-state index in [2.05, 4.69) is 18.2 Å². The van der Waals surface area contributed by atoms with Crippen molar-refractivity contribution >= 4 is 0 Å². The van der Waals surface area contributed by atoms with Crippen LogP contribution in [0.25, 0.3) is 0 Å². The Balaban J connectivity index is 1.92. The van der Waals surface area contributed by atoms with Crippen LogP contribution in [0.2, 0.25) is 0 Å². The second kappa shape index (κ2) is 3.32. The molecule has 0 atom stereocenters. The molecule has 1 aliphatic carbocycles. The van der Waals surface area contributed by atoms with E-state index in [-0.39, 0.29) is 0 Å². The molecule has 3 rings (SSSR count). The summed E-state index contributed by atoms with van der Waals surface area (Å²) in [7, 11) is 0. The average Bonchev–Trinajstić information content (AvgIpc) is 2.97. The average molecular weight is 204 g/mol. The van der Waals surface area contributed by atoms with Crippen LogP contribution in [0.3, 0.4) is 0 Å². The van der Waals surface area contributed by atoms with Gasteiger partial charge >= 0.3 is 0 Å². The SMILES string of the molecule is OC1(Cc2cccc3c2COCC3)CC1. The lowest BCUT2D eigenvalue weighted by Gasteiger charge is -2.21. The van der Waals surface area contributed by atoms with Crippen LogP contribution in [-0.2, 0) is 24.2 Å². The van der Waals surface area contributed by atoms with Gasteiger partial charge in [-0.05, 0) is 36.0 Å². The number of rotatable bonds is 2. The van der Waals surface area contributed by atoms with E-state index in [0.29, 0.717) is 0 Å². The fourth-order valence-corrected chi connectivity index (χ4v) is 2.31. The van der Waals surface area contributed by atoms with E-state index in [1.54, 1.807) is 0 Å². The summed E-state index contributed by atoms with van der Waals surface area (Å²) < 4.78 is 5.49. The molecule has 1 N–H and O–H groups in total. The normalized spacial score (nSPS) is 22.2. The van der Waals surface area contributed by atoms with Crippen LogP contribution in [0, 0.1) is 0 Å². The Labute approximate surface area is 89.9 Å². The number of aliphatic hydroxyl groups is 1. The maximum absolute atomic E-state index is 9.94. The summed E-state index contributed by atoms with van der Waals surface area (Å²) in [5.41, 5.74) is 3.62. The molecule has 0 saturated heterocycles. The van der Waals surface area contributed by atoms with Crippen molar-refractivity contribution in [3.8, 4) is 0 Å². The topological polar surface area (TPSA) is 29.5 Å². The van der Waals surface area contributed by atoms with Crippen LogP contribution in [0.5, 0.6) is 0 Å². The van der Waals surface area contributed by atoms with E-state index in [1.807, 2.05) is 0 Å². The summed E-state index contributed by atoms with van der Waals surface area (Å²) in [6.07, 6.45) is 3.73. The first-order valence-electron chi connectivity index (χ1n) is 5.67. The predicted octanol–water partition coefficient (Wildman–Crippen LogP) is 1.83. The standard InChI is InChI=1S/C13H16O2/c14-13(5-6-13)8-11-3-1-2-10-4-7-15-9-12(10)11/h1-3,14H,4-9H2. The summed E-state index contributed by atoms with van der Waals surface area (Å²) in [6.45, 7) is 1.56. The Kier molecular flexibility index (Phi) is 2.08. The van der Waals surface area contributed by atoms with E-state index >= 15 is 0 Å². The second-order valence-corrected chi connectivity index (χ2v) is 4.76. The van der Waals surface area contributed by atoms with Gasteiger partial charge in [-0.15, -0.1) is 0 Å². The van der Waals surface area contributed by atoms with Gasteiger partial charge in [0.25, 0.3) is 0 Å². The van der Waals surface area contributed by atoms with Crippen molar-refractivity contribution in [2.45, 2.75) is 37.9 Å². The minimum atomic E-state index is -0.396. The van der Waals surface area contributed by atoms with Gasteiger partial charge in [0.05, 0.1) is 18.8 Å². The lowest BCUT2D eigenvalue weighted by Crippen LogP contribution is -2.17. The molecule has 1 aliphatic heterocycles.